The SMILES string of the molecule is Clc1ccc(-c2ccc(Br)s2)cc1. The van der Waals surface area contributed by atoms with Crippen molar-refractivity contribution in [1.82, 2.24) is 0 Å². The van der Waals surface area contributed by atoms with Crippen LogP contribution in [-0.2, 0) is 0 Å². The normalized spacial score (nSPS) is 10.3. The molecule has 0 nitrogen and oxygen atoms in total. The van der Waals surface area contributed by atoms with Gasteiger partial charge < -0.3 is 0 Å². The van der Waals surface area contributed by atoms with E-state index in [2.05, 4.69) is 28.1 Å². The van der Waals surface area contributed by atoms with Gasteiger partial charge >= 0.3 is 0 Å². The average Bonchev–Trinajstić information content (AvgIpc) is 2.53. The Balaban J connectivity index is 2.41. The molecular formula is C10H6BrClS. The minimum absolute atomic E-state index is 0.777. The van der Waals surface area contributed by atoms with Gasteiger partial charge in [-0.3, -0.25) is 0 Å². The van der Waals surface area contributed by atoms with Gasteiger partial charge in [-0.2, -0.15) is 0 Å². The number of hydrogen-bond donors (Lipinski definition) is 0. The number of thiophene rings is 1. The fourth-order valence-corrected chi connectivity index (χ4v) is 2.60. The van der Waals surface area contributed by atoms with Crippen LogP contribution in [0.3, 0.4) is 0 Å². The molecule has 0 atom stereocenters. The molecule has 2 aromatic rings. The van der Waals surface area contributed by atoms with E-state index in [1.54, 1.807) is 11.3 Å². The third-order valence-electron chi connectivity index (χ3n) is 1.70. The molecule has 1 aromatic carbocycles. The molecule has 3 heteroatoms. The highest BCUT2D eigenvalue weighted by Gasteiger charge is 2.00. The van der Waals surface area contributed by atoms with Crippen molar-refractivity contribution in [1.29, 1.82) is 0 Å². The van der Waals surface area contributed by atoms with Gasteiger partial charge in [-0.15, -0.1) is 11.3 Å². The predicted molar refractivity (Wildman–Crippen MR) is 62.5 cm³/mol. The van der Waals surface area contributed by atoms with E-state index in [1.165, 1.54) is 10.4 Å². The topological polar surface area (TPSA) is 0 Å². The van der Waals surface area contributed by atoms with E-state index < -0.39 is 0 Å². The smallest absolute Gasteiger partial charge is 0.0705 e. The average molecular weight is 274 g/mol. The summed E-state index contributed by atoms with van der Waals surface area (Å²) in [5, 5.41) is 0.777. The molecule has 0 unspecified atom stereocenters. The minimum Gasteiger partial charge on any atom is -0.128 e. The third kappa shape index (κ3) is 2.13. The van der Waals surface area contributed by atoms with Gasteiger partial charge in [0.05, 0.1) is 3.79 Å². The van der Waals surface area contributed by atoms with Crippen LogP contribution in [-0.4, -0.2) is 0 Å². The molecular weight excluding hydrogens is 268 g/mol. The van der Waals surface area contributed by atoms with Gasteiger partial charge in [0.2, 0.25) is 0 Å². The molecule has 0 amide bonds. The first-order chi connectivity index (χ1) is 6.25. The van der Waals surface area contributed by atoms with Crippen LogP contribution in [0.4, 0.5) is 0 Å². The highest BCUT2D eigenvalue weighted by Crippen LogP contribution is 2.31. The highest BCUT2D eigenvalue weighted by atomic mass is 79.9. The van der Waals surface area contributed by atoms with Crippen LogP contribution >= 0.6 is 38.9 Å². The van der Waals surface area contributed by atoms with Crippen molar-refractivity contribution < 1.29 is 0 Å². The number of benzene rings is 1. The molecule has 0 N–H and O–H groups in total. The van der Waals surface area contributed by atoms with E-state index >= 15 is 0 Å². The Kier molecular flexibility index (Phi) is 2.72. The van der Waals surface area contributed by atoms with Crippen molar-refractivity contribution in [3.8, 4) is 10.4 Å². The lowest BCUT2D eigenvalue weighted by Crippen LogP contribution is -1.69. The van der Waals surface area contributed by atoms with Gasteiger partial charge in [-0.25, -0.2) is 0 Å². The molecule has 0 fully saturated rings. The van der Waals surface area contributed by atoms with E-state index in [0.717, 1.165) is 8.81 Å². The van der Waals surface area contributed by atoms with Crippen LogP contribution in [0.25, 0.3) is 10.4 Å². The fourth-order valence-electron chi connectivity index (χ4n) is 1.08. The van der Waals surface area contributed by atoms with Crippen molar-refractivity contribution in [3.63, 3.8) is 0 Å². The summed E-state index contributed by atoms with van der Waals surface area (Å²) < 4.78 is 1.15. The maximum Gasteiger partial charge on any atom is 0.0705 e. The molecule has 0 spiro atoms. The maximum absolute atomic E-state index is 5.80. The second kappa shape index (κ2) is 3.82. The second-order valence-corrected chi connectivity index (χ2v) is 5.51. The molecule has 0 saturated heterocycles. The first-order valence-corrected chi connectivity index (χ1v) is 5.76. The van der Waals surface area contributed by atoms with Crippen LogP contribution in [0.15, 0.2) is 40.2 Å². The monoisotopic (exact) mass is 272 g/mol. The third-order valence-corrected chi connectivity index (χ3v) is 3.63. The molecule has 0 aliphatic carbocycles. The summed E-state index contributed by atoms with van der Waals surface area (Å²) in [5.41, 5.74) is 1.21. The highest BCUT2D eigenvalue weighted by molar-refractivity contribution is 9.11. The zero-order chi connectivity index (χ0) is 9.26. The van der Waals surface area contributed by atoms with Crippen molar-refractivity contribution >= 4 is 38.9 Å². The van der Waals surface area contributed by atoms with E-state index in [4.69, 9.17) is 11.6 Å². The molecule has 0 bridgehead atoms. The zero-order valence-electron chi connectivity index (χ0n) is 6.63. The van der Waals surface area contributed by atoms with Crippen molar-refractivity contribution in [2.24, 2.45) is 0 Å². The van der Waals surface area contributed by atoms with Crippen molar-refractivity contribution in [2.75, 3.05) is 0 Å². The van der Waals surface area contributed by atoms with Crippen LogP contribution in [0, 0.1) is 0 Å². The Morgan fingerprint density at radius 3 is 2.23 bits per heavy atom. The molecule has 0 radical (unpaired) electrons. The summed E-state index contributed by atoms with van der Waals surface area (Å²) in [6.07, 6.45) is 0. The molecule has 0 aliphatic rings. The summed E-state index contributed by atoms with van der Waals surface area (Å²) in [4.78, 5) is 1.25. The van der Waals surface area contributed by atoms with E-state index in [1.807, 2.05) is 24.3 Å². The number of rotatable bonds is 1. The summed E-state index contributed by atoms with van der Waals surface area (Å²) in [6.45, 7) is 0. The van der Waals surface area contributed by atoms with Crippen LogP contribution < -0.4 is 0 Å². The number of halogens is 2. The van der Waals surface area contributed by atoms with E-state index in [0.29, 0.717) is 0 Å². The Morgan fingerprint density at radius 1 is 1.00 bits per heavy atom. The molecule has 1 aromatic heterocycles. The van der Waals surface area contributed by atoms with Crippen LogP contribution in [0.2, 0.25) is 5.02 Å². The molecule has 2 rings (SSSR count). The van der Waals surface area contributed by atoms with Crippen molar-refractivity contribution in [3.05, 3.63) is 45.2 Å². The van der Waals surface area contributed by atoms with Gasteiger partial charge in [0, 0.05) is 9.90 Å². The molecule has 0 saturated carbocycles. The lowest BCUT2D eigenvalue weighted by atomic mass is 10.2. The van der Waals surface area contributed by atoms with Gasteiger partial charge in [0.1, 0.15) is 0 Å². The summed E-state index contributed by atoms with van der Waals surface area (Å²) in [6, 6.07) is 12.0. The number of hydrogen-bond acceptors (Lipinski definition) is 1. The van der Waals surface area contributed by atoms with E-state index in [9.17, 15) is 0 Å². The Morgan fingerprint density at radius 2 is 1.69 bits per heavy atom. The zero-order valence-corrected chi connectivity index (χ0v) is 9.79. The molecule has 13 heavy (non-hydrogen) atoms. The lowest BCUT2D eigenvalue weighted by molar-refractivity contribution is 1.70. The summed E-state index contributed by atoms with van der Waals surface area (Å²) >= 11 is 11.0. The first kappa shape index (κ1) is 9.25. The Labute approximate surface area is 94.3 Å². The standard InChI is InChI=1S/C10H6BrClS/c11-10-6-5-9(13-10)7-1-3-8(12)4-2-7/h1-6H. The van der Waals surface area contributed by atoms with Crippen LogP contribution in [0.5, 0.6) is 0 Å². The van der Waals surface area contributed by atoms with Gasteiger partial charge in [-0.05, 0) is 45.8 Å². The van der Waals surface area contributed by atoms with Gasteiger partial charge in [-0.1, -0.05) is 23.7 Å². The van der Waals surface area contributed by atoms with Gasteiger partial charge in [0.15, 0.2) is 0 Å². The summed E-state index contributed by atoms with van der Waals surface area (Å²) in [5.74, 6) is 0. The minimum atomic E-state index is 0.777. The second-order valence-electron chi connectivity index (χ2n) is 2.61. The van der Waals surface area contributed by atoms with Crippen molar-refractivity contribution in [2.45, 2.75) is 0 Å². The first-order valence-electron chi connectivity index (χ1n) is 3.77. The maximum atomic E-state index is 5.80. The van der Waals surface area contributed by atoms with E-state index in [-0.39, 0.29) is 0 Å². The molecule has 66 valence electrons. The van der Waals surface area contributed by atoms with Crippen LogP contribution in [0.1, 0.15) is 0 Å². The fraction of sp³-hybridized carbons (Fsp3) is 0. The Hall–Kier alpha value is -0.310. The molecule has 1 heterocycles. The summed E-state index contributed by atoms with van der Waals surface area (Å²) in [7, 11) is 0. The largest absolute Gasteiger partial charge is 0.128 e. The lowest BCUT2D eigenvalue weighted by Gasteiger charge is -1.95. The molecule has 0 aliphatic heterocycles. The Bertz CT molecular complexity index is 405. The predicted octanol–water partition coefficient (Wildman–Crippen LogP) is 4.83. The van der Waals surface area contributed by atoms with Gasteiger partial charge in [0.25, 0.3) is 0 Å². The quantitative estimate of drug-likeness (QED) is 0.698.